The zero-order valence-corrected chi connectivity index (χ0v) is 16.9. The highest BCUT2D eigenvalue weighted by molar-refractivity contribution is 6.90. The molecule has 140 valence electrons. The average molecular weight is 373 g/mol. The number of alkyl halides is 3. The lowest BCUT2D eigenvalue weighted by atomic mass is 10.0. The first-order valence-corrected chi connectivity index (χ1v) is 10.7. The number of halogens is 3. The van der Waals surface area contributed by atoms with Crippen molar-refractivity contribution in [2.75, 3.05) is 0 Å². The van der Waals surface area contributed by atoms with Crippen LogP contribution in [0.1, 0.15) is 60.0 Å². The molecule has 0 aromatic carbocycles. The Kier molecular flexibility index (Phi) is 6.46. The maximum Gasteiger partial charge on any atom is 0.451 e. The van der Waals surface area contributed by atoms with Gasteiger partial charge in [0.25, 0.3) is 0 Å². The highest BCUT2D eigenvalue weighted by Gasteiger charge is 2.42. The molecule has 0 fully saturated rings. The van der Waals surface area contributed by atoms with E-state index in [2.05, 4.69) is 63.0 Å². The van der Waals surface area contributed by atoms with Crippen LogP contribution in [0, 0.1) is 11.5 Å². The highest BCUT2D eigenvalue weighted by atomic mass is 28.3. The van der Waals surface area contributed by atoms with Gasteiger partial charge in [0.1, 0.15) is 8.07 Å². The van der Waals surface area contributed by atoms with Gasteiger partial charge < -0.3 is 5.11 Å². The monoisotopic (exact) mass is 372 g/mol. The van der Waals surface area contributed by atoms with Crippen LogP contribution >= 0.6 is 0 Å². The minimum atomic E-state index is -4.66. The molecular formula is C18H27F3N2OSi. The smallest absolute Gasteiger partial charge is 0.372 e. The molecule has 0 spiro atoms. The van der Waals surface area contributed by atoms with Crippen LogP contribution in [0.2, 0.25) is 16.6 Å². The van der Waals surface area contributed by atoms with Gasteiger partial charge in [-0.15, -0.1) is 5.54 Å². The standard InChI is InChI=1S/C18H27F3N2OSi/c1-12(2)25(13(3)4,14(5)6)11-9-17(7,24)15-8-10-22-16(23-15)18(19,20)21/h8,10,12-14,24H,1-7H3. The Labute approximate surface area is 149 Å². The fourth-order valence-corrected chi connectivity index (χ4v) is 8.82. The lowest BCUT2D eigenvalue weighted by Crippen LogP contribution is -2.43. The van der Waals surface area contributed by atoms with E-state index >= 15 is 0 Å². The second-order valence-corrected chi connectivity index (χ2v) is 13.1. The third-order valence-corrected chi connectivity index (χ3v) is 11.1. The van der Waals surface area contributed by atoms with Gasteiger partial charge in [-0.3, -0.25) is 0 Å². The summed E-state index contributed by atoms with van der Waals surface area (Å²) in [6, 6.07) is 1.27. The Hall–Kier alpha value is -1.39. The molecule has 0 aliphatic rings. The van der Waals surface area contributed by atoms with Crippen LogP contribution in [0.25, 0.3) is 0 Å². The summed E-state index contributed by atoms with van der Waals surface area (Å²) in [7, 11) is -2.11. The Balaban J connectivity index is 3.40. The van der Waals surface area contributed by atoms with Gasteiger partial charge in [-0.2, -0.15) is 13.2 Å². The summed E-state index contributed by atoms with van der Waals surface area (Å²) in [4.78, 5) is 6.71. The van der Waals surface area contributed by atoms with E-state index in [0.29, 0.717) is 16.6 Å². The van der Waals surface area contributed by atoms with Crippen molar-refractivity contribution in [3.63, 3.8) is 0 Å². The van der Waals surface area contributed by atoms with E-state index in [0.717, 1.165) is 6.20 Å². The zero-order valence-electron chi connectivity index (χ0n) is 15.9. The number of hydrogen-bond acceptors (Lipinski definition) is 3. The van der Waals surface area contributed by atoms with Crippen molar-refractivity contribution in [3.8, 4) is 11.5 Å². The first-order chi connectivity index (χ1) is 11.2. The van der Waals surface area contributed by atoms with Crippen LogP contribution in [0.4, 0.5) is 13.2 Å². The molecule has 0 saturated carbocycles. The van der Waals surface area contributed by atoms with Crippen LogP contribution < -0.4 is 0 Å². The summed E-state index contributed by atoms with van der Waals surface area (Å²) in [5, 5.41) is 10.7. The van der Waals surface area contributed by atoms with Crippen LogP contribution in [0.15, 0.2) is 12.3 Å². The summed E-state index contributed by atoms with van der Waals surface area (Å²) >= 11 is 0. The van der Waals surface area contributed by atoms with Gasteiger partial charge in [0.05, 0.1) is 5.69 Å². The van der Waals surface area contributed by atoms with Crippen molar-refractivity contribution in [2.24, 2.45) is 0 Å². The lowest BCUT2D eigenvalue weighted by Gasteiger charge is -2.38. The minimum absolute atomic E-state index is 0.138. The summed E-state index contributed by atoms with van der Waals surface area (Å²) in [5.74, 6) is 1.58. The van der Waals surface area contributed by atoms with Gasteiger partial charge in [-0.1, -0.05) is 47.5 Å². The van der Waals surface area contributed by atoms with Crippen LogP contribution in [-0.2, 0) is 11.8 Å². The summed E-state index contributed by atoms with van der Waals surface area (Å²) in [6.07, 6.45) is -3.66. The molecule has 3 nitrogen and oxygen atoms in total. The maximum absolute atomic E-state index is 12.8. The maximum atomic E-state index is 12.8. The summed E-state index contributed by atoms with van der Waals surface area (Å²) in [5.41, 5.74) is 2.49. The SMILES string of the molecule is CC(C)[Si](C#CC(C)(O)c1ccnc(C(F)(F)F)n1)(C(C)C)C(C)C. The Bertz CT molecular complexity index is 636. The molecule has 1 aromatic rings. The molecule has 1 rings (SSSR count). The third-order valence-electron chi connectivity index (χ3n) is 4.80. The Morgan fingerprint density at radius 1 is 1.04 bits per heavy atom. The molecule has 25 heavy (non-hydrogen) atoms. The molecule has 1 atom stereocenters. The largest absolute Gasteiger partial charge is 0.451 e. The van der Waals surface area contributed by atoms with Gasteiger partial charge in [0.15, 0.2) is 5.60 Å². The summed E-state index contributed by atoms with van der Waals surface area (Å²) in [6.45, 7) is 14.1. The number of nitrogens with zero attached hydrogens (tertiary/aromatic N) is 2. The van der Waals surface area contributed by atoms with Gasteiger partial charge in [0.2, 0.25) is 5.82 Å². The molecule has 0 amide bonds. The van der Waals surface area contributed by atoms with E-state index in [4.69, 9.17) is 0 Å². The number of rotatable bonds is 4. The predicted octanol–water partition coefficient (Wildman–Crippen LogP) is 4.92. The number of aliphatic hydroxyl groups is 1. The van der Waals surface area contributed by atoms with E-state index in [1.165, 1.54) is 13.0 Å². The first kappa shape index (κ1) is 21.6. The molecule has 1 aromatic heterocycles. The minimum Gasteiger partial charge on any atom is -0.372 e. The molecule has 1 unspecified atom stereocenters. The molecule has 1 heterocycles. The van der Waals surface area contributed by atoms with Crippen LogP contribution in [0.3, 0.4) is 0 Å². The second-order valence-electron chi connectivity index (χ2n) is 7.48. The Morgan fingerprint density at radius 2 is 1.52 bits per heavy atom. The zero-order chi connectivity index (χ0) is 19.6. The lowest BCUT2D eigenvalue weighted by molar-refractivity contribution is -0.145. The molecule has 0 saturated heterocycles. The van der Waals surface area contributed by atoms with Crippen molar-refractivity contribution >= 4 is 8.07 Å². The first-order valence-electron chi connectivity index (χ1n) is 8.42. The van der Waals surface area contributed by atoms with Crippen molar-refractivity contribution < 1.29 is 18.3 Å². The Morgan fingerprint density at radius 3 is 1.92 bits per heavy atom. The van der Waals surface area contributed by atoms with Crippen molar-refractivity contribution in [1.82, 2.24) is 9.97 Å². The van der Waals surface area contributed by atoms with Crippen LogP contribution in [0.5, 0.6) is 0 Å². The van der Waals surface area contributed by atoms with E-state index in [-0.39, 0.29) is 5.69 Å². The van der Waals surface area contributed by atoms with Gasteiger partial charge >= 0.3 is 6.18 Å². The predicted molar refractivity (Wildman–Crippen MR) is 95.4 cm³/mol. The topological polar surface area (TPSA) is 46.0 Å². The number of aromatic nitrogens is 2. The molecule has 0 aliphatic heterocycles. The van der Waals surface area contributed by atoms with Gasteiger partial charge in [-0.25, -0.2) is 9.97 Å². The molecule has 0 radical (unpaired) electrons. The fourth-order valence-electron chi connectivity index (χ4n) is 3.49. The second kappa shape index (κ2) is 7.46. The third kappa shape index (κ3) is 4.62. The van der Waals surface area contributed by atoms with E-state index in [1.807, 2.05) is 0 Å². The van der Waals surface area contributed by atoms with Gasteiger partial charge in [0, 0.05) is 6.20 Å². The van der Waals surface area contributed by atoms with Crippen molar-refractivity contribution in [2.45, 2.75) is 76.9 Å². The highest BCUT2D eigenvalue weighted by Crippen LogP contribution is 2.41. The normalized spacial score (nSPS) is 15.3. The molecule has 0 bridgehead atoms. The van der Waals surface area contributed by atoms with E-state index in [9.17, 15) is 18.3 Å². The van der Waals surface area contributed by atoms with E-state index < -0.39 is 25.7 Å². The fraction of sp³-hybridized carbons (Fsp3) is 0.667. The summed E-state index contributed by atoms with van der Waals surface area (Å²) < 4.78 is 38.4. The molecule has 0 aliphatic carbocycles. The molecule has 7 heteroatoms. The van der Waals surface area contributed by atoms with Gasteiger partial charge in [-0.05, 0) is 29.6 Å². The quantitative estimate of drug-likeness (QED) is 0.602. The molecule has 1 N–H and O–H groups in total. The van der Waals surface area contributed by atoms with Crippen molar-refractivity contribution in [1.29, 1.82) is 0 Å². The molecular weight excluding hydrogens is 345 g/mol. The number of hydrogen-bond donors (Lipinski definition) is 1. The average Bonchev–Trinajstić information content (AvgIpc) is 2.45. The van der Waals surface area contributed by atoms with Crippen LogP contribution in [-0.4, -0.2) is 23.1 Å². The van der Waals surface area contributed by atoms with Crippen molar-refractivity contribution in [3.05, 3.63) is 23.8 Å². The van der Waals surface area contributed by atoms with E-state index in [1.54, 1.807) is 0 Å².